The van der Waals surface area contributed by atoms with Crippen molar-refractivity contribution in [3.8, 4) is 0 Å². The van der Waals surface area contributed by atoms with Crippen LogP contribution in [-0.4, -0.2) is 12.6 Å². The lowest BCUT2D eigenvalue weighted by Crippen LogP contribution is -3.04. The Morgan fingerprint density at radius 1 is 1.12 bits per heavy atom. The molecule has 86 valence electrons. The first-order valence-corrected chi connectivity index (χ1v) is 4.96. The molecule has 0 saturated heterocycles. The Morgan fingerprint density at radius 3 is 2.65 bits per heavy atom. The maximum absolute atomic E-state index is 12.8. The van der Waals surface area contributed by atoms with Gasteiger partial charge in [0.15, 0.2) is 12.0 Å². The van der Waals surface area contributed by atoms with Crippen molar-refractivity contribution in [3.05, 3.63) is 53.7 Å². The fourth-order valence-electron chi connectivity index (χ4n) is 1.76. The summed E-state index contributed by atoms with van der Waals surface area (Å²) >= 11 is 0. The van der Waals surface area contributed by atoms with E-state index in [9.17, 15) is 4.39 Å². The van der Waals surface area contributed by atoms with Crippen LogP contribution in [0.1, 0.15) is 5.56 Å². The van der Waals surface area contributed by atoms with Crippen molar-refractivity contribution in [1.29, 1.82) is 0 Å². The molecule has 0 saturated carbocycles. The number of hydrogen-bond acceptors (Lipinski definition) is 2. The number of rotatable bonds is 1. The molecule has 3 rings (SSSR count). The Balaban J connectivity index is 0.00000108. The van der Waals surface area contributed by atoms with E-state index in [1.54, 1.807) is 30.9 Å². The van der Waals surface area contributed by atoms with Crippen LogP contribution in [0.15, 0.2) is 52.3 Å². The summed E-state index contributed by atoms with van der Waals surface area (Å²) < 4.78 is 12.8. The largest absolute Gasteiger partial charge is 1.00 e. The van der Waals surface area contributed by atoms with Gasteiger partial charge in [0.05, 0.1) is 12.4 Å². The second-order valence-electron chi connectivity index (χ2n) is 3.58. The van der Waals surface area contributed by atoms with E-state index in [1.165, 1.54) is 12.1 Å². The molecule has 17 heavy (non-hydrogen) atoms. The first-order chi connectivity index (χ1) is 7.84. The standard InChI is InChI=1S/C12H8FN3.ClH/c13-10-3-1-9(2-4-10)12-11-7-14-5-6-16(11)8-15-12;/h1-8H;1H. The number of nitrogens with one attached hydrogen (secondary N) is 1. The van der Waals surface area contributed by atoms with Gasteiger partial charge in [-0.25, -0.2) is 9.29 Å². The molecule has 1 N–H and O–H groups in total. The summed E-state index contributed by atoms with van der Waals surface area (Å²) in [7, 11) is 0. The summed E-state index contributed by atoms with van der Waals surface area (Å²) in [4.78, 5) is 9.46. The van der Waals surface area contributed by atoms with Gasteiger partial charge in [0.25, 0.3) is 0 Å². The third-order valence-electron chi connectivity index (χ3n) is 2.56. The van der Waals surface area contributed by atoms with Gasteiger partial charge in [-0.3, -0.25) is 4.99 Å². The summed E-state index contributed by atoms with van der Waals surface area (Å²) in [6, 6.07) is 6.33. The van der Waals surface area contributed by atoms with Gasteiger partial charge in [0.1, 0.15) is 17.7 Å². The molecule has 0 spiro atoms. The summed E-state index contributed by atoms with van der Waals surface area (Å²) in [6.45, 7) is 0. The lowest BCUT2D eigenvalue weighted by molar-refractivity contribution is -0.681. The molecule has 3 nitrogen and oxygen atoms in total. The molecule has 2 aliphatic heterocycles. The minimum absolute atomic E-state index is 0. The molecular weight excluding hydrogens is 241 g/mol. The van der Waals surface area contributed by atoms with E-state index in [0.717, 1.165) is 21.9 Å². The Labute approximate surface area is 104 Å². The van der Waals surface area contributed by atoms with Crippen molar-refractivity contribution in [2.24, 2.45) is 9.98 Å². The molecule has 1 unspecified atom stereocenters. The summed E-state index contributed by atoms with van der Waals surface area (Å²) in [5, 5.41) is 0. The van der Waals surface area contributed by atoms with Gasteiger partial charge in [-0.2, -0.15) is 4.99 Å². The predicted molar refractivity (Wildman–Crippen MR) is 60.4 cm³/mol. The number of benzene rings is 1. The van der Waals surface area contributed by atoms with Gasteiger partial charge in [-0.05, 0) is 24.3 Å². The average molecular weight is 250 g/mol. The molecule has 1 atom stereocenters. The molecule has 0 aromatic heterocycles. The number of quaternary nitrogens is 1. The quantitative estimate of drug-likeness (QED) is 0.596. The second kappa shape index (κ2) is 4.61. The van der Waals surface area contributed by atoms with E-state index in [4.69, 9.17) is 0 Å². The maximum Gasteiger partial charge on any atom is 0.198 e. The fraction of sp³-hybridized carbons (Fsp3) is 0. The Hall–Kier alpha value is -1.78. The monoisotopic (exact) mass is 249 g/mol. The van der Waals surface area contributed by atoms with Crippen LogP contribution in [-0.2, 0) is 0 Å². The maximum atomic E-state index is 12.8. The van der Waals surface area contributed by atoms with Crippen LogP contribution in [0.4, 0.5) is 4.39 Å². The lowest BCUT2D eigenvalue weighted by atomic mass is 10.1. The van der Waals surface area contributed by atoms with Crippen molar-refractivity contribution in [1.82, 2.24) is 0 Å². The minimum atomic E-state index is -0.238. The molecule has 1 aromatic carbocycles. The molecule has 5 heteroatoms. The zero-order valence-electron chi connectivity index (χ0n) is 8.77. The van der Waals surface area contributed by atoms with Crippen LogP contribution in [0.25, 0.3) is 5.70 Å². The first kappa shape index (κ1) is 11.7. The van der Waals surface area contributed by atoms with E-state index >= 15 is 0 Å². The van der Waals surface area contributed by atoms with Gasteiger partial charge >= 0.3 is 0 Å². The third kappa shape index (κ3) is 2.05. The number of allylic oxidation sites excluding steroid dienone is 1. The zero-order valence-corrected chi connectivity index (χ0v) is 9.53. The highest BCUT2D eigenvalue weighted by molar-refractivity contribution is 5.93. The van der Waals surface area contributed by atoms with Crippen LogP contribution in [0.3, 0.4) is 0 Å². The second-order valence-corrected chi connectivity index (χ2v) is 3.58. The predicted octanol–water partition coefficient (Wildman–Crippen LogP) is -2.02. The van der Waals surface area contributed by atoms with E-state index in [-0.39, 0.29) is 18.2 Å². The van der Waals surface area contributed by atoms with E-state index < -0.39 is 0 Å². The zero-order chi connectivity index (χ0) is 11.0. The van der Waals surface area contributed by atoms with Gasteiger partial charge < -0.3 is 12.4 Å². The number of halogens is 2. The van der Waals surface area contributed by atoms with Crippen LogP contribution in [0, 0.1) is 5.82 Å². The van der Waals surface area contributed by atoms with Gasteiger partial charge in [-0.15, -0.1) is 0 Å². The minimum Gasteiger partial charge on any atom is -1.00 e. The Morgan fingerprint density at radius 2 is 1.88 bits per heavy atom. The highest BCUT2D eigenvalue weighted by Crippen LogP contribution is 2.19. The summed E-state index contributed by atoms with van der Waals surface area (Å²) in [6.07, 6.45) is 7.23. The normalized spacial score (nSPS) is 20.4. The Bertz CT molecular complexity index is 543. The number of nitrogens with zero attached hydrogens (tertiary/aromatic N) is 2. The molecule has 2 heterocycles. The SMILES string of the molecule is Fc1ccc(C2=C3C=NC=C[NH+]3C=N2)cc1.[Cl-]. The number of aliphatic imine (C=N–C) groups is 2. The van der Waals surface area contributed by atoms with Crippen LogP contribution in [0.5, 0.6) is 0 Å². The molecular formula is C12H9ClFN3. The van der Waals surface area contributed by atoms with Crippen molar-refractivity contribution in [3.63, 3.8) is 0 Å². The van der Waals surface area contributed by atoms with Crippen molar-refractivity contribution < 1.29 is 21.7 Å². The van der Waals surface area contributed by atoms with E-state index in [1.807, 2.05) is 6.20 Å². The first-order valence-electron chi connectivity index (χ1n) is 4.96. The number of fused-ring (bicyclic) bond motifs is 1. The highest BCUT2D eigenvalue weighted by Gasteiger charge is 2.24. The molecule has 0 bridgehead atoms. The molecule has 0 radical (unpaired) electrons. The lowest BCUT2D eigenvalue weighted by Gasteiger charge is -2.06. The summed E-state index contributed by atoms with van der Waals surface area (Å²) in [5.74, 6) is -0.238. The van der Waals surface area contributed by atoms with Gasteiger partial charge in [-0.1, -0.05) is 0 Å². The third-order valence-corrected chi connectivity index (χ3v) is 2.56. The van der Waals surface area contributed by atoms with Crippen molar-refractivity contribution in [2.45, 2.75) is 0 Å². The average Bonchev–Trinajstić information content (AvgIpc) is 2.74. The fourth-order valence-corrected chi connectivity index (χ4v) is 1.76. The van der Waals surface area contributed by atoms with Crippen LogP contribution < -0.4 is 17.3 Å². The van der Waals surface area contributed by atoms with Crippen molar-refractivity contribution in [2.75, 3.05) is 0 Å². The van der Waals surface area contributed by atoms with Gasteiger partial charge in [0, 0.05) is 5.56 Å². The number of hydrogen-bond donors (Lipinski definition) is 1. The van der Waals surface area contributed by atoms with E-state index in [0.29, 0.717) is 0 Å². The van der Waals surface area contributed by atoms with Crippen LogP contribution in [0.2, 0.25) is 0 Å². The molecule has 0 fully saturated rings. The van der Waals surface area contributed by atoms with Gasteiger partial charge in [0.2, 0.25) is 0 Å². The van der Waals surface area contributed by atoms with E-state index in [2.05, 4.69) is 9.98 Å². The Kier molecular flexibility index (Phi) is 3.17. The summed E-state index contributed by atoms with van der Waals surface area (Å²) in [5.41, 5.74) is 2.75. The van der Waals surface area contributed by atoms with Crippen LogP contribution >= 0.6 is 0 Å². The highest BCUT2D eigenvalue weighted by atomic mass is 35.5. The van der Waals surface area contributed by atoms with Crippen molar-refractivity contribution >= 4 is 18.3 Å². The molecule has 0 aliphatic carbocycles. The molecule has 0 amide bonds. The molecule has 2 aliphatic rings. The smallest absolute Gasteiger partial charge is 0.198 e. The topological polar surface area (TPSA) is 29.2 Å². The molecule has 1 aromatic rings.